The largest absolute Gasteiger partial charge is 0.275 e. The van der Waals surface area contributed by atoms with Crippen LogP contribution in [0.2, 0.25) is 0 Å². The van der Waals surface area contributed by atoms with Gasteiger partial charge in [0.25, 0.3) is 0 Å². The Hall–Kier alpha value is -2.56. The third-order valence-electron chi connectivity index (χ3n) is 6.20. The SMILES string of the molecule is CON(C)C(=O)[C@@H]1CC[C@H](SC(c2ccccc2)(c2ccccc2)c2ccccc2)C1. The van der Waals surface area contributed by atoms with E-state index in [1.54, 1.807) is 14.2 Å². The summed E-state index contributed by atoms with van der Waals surface area (Å²) in [6, 6.07) is 32.3. The van der Waals surface area contributed by atoms with Gasteiger partial charge in [-0.15, -0.1) is 11.8 Å². The first-order valence-electron chi connectivity index (χ1n) is 10.8. The second-order valence-electron chi connectivity index (χ2n) is 8.05. The Bertz CT molecular complexity index is 881. The fraction of sp³-hybridized carbons (Fsp3) is 0.296. The normalized spacial score (nSPS) is 18.6. The number of rotatable bonds is 7. The molecule has 3 nitrogen and oxygen atoms in total. The lowest BCUT2D eigenvalue weighted by atomic mass is 9.84. The number of nitrogens with zero attached hydrogens (tertiary/aromatic N) is 1. The van der Waals surface area contributed by atoms with Crippen molar-refractivity contribution >= 4 is 17.7 Å². The first kappa shape index (κ1) is 21.7. The summed E-state index contributed by atoms with van der Waals surface area (Å²) in [5, 5.41) is 1.75. The van der Waals surface area contributed by atoms with Crippen LogP contribution in [0.1, 0.15) is 36.0 Å². The molecule has 31 heavy (non-hydrogen) atoms. The van der Waals surface area contributed by atoms with Gasteiger partial charge in [-0.2, -0.15) is 0 Å². The molecule has 0 bridgehead atoms. The fourth-order valence-corrected chi connectivity index (χ4v) is 6.49. The lowest BCUT2D eigenvalue weighted by molar-refractivity contribution is -0.173. The van der Waals surface area contributed by atoms with E-state index < -0.39 is 0 Å². The third-order valence-corrected chi connectivity index (χ3v) is 8.02. The lowest BCUT2D eigenvalue weighted by Crippen LogP contribution is -2.31. The molecule has 4 rings (SSSR count). The van der Waals surface area contributed by atoms with Crippen LogP contribution in [0, 0.1) is 5.92 Å². The van der Waals surface area contributed by atoms with Crippen molar-refractivity contribution in [2.45, 2.75) is 29.3 Å². The Morgan fingerprint density at radius 1 is 0.839 bits per heavy atom. The van der Waals surface area contributed by atoms with Crippen molar-refractivity contribution in [3.05, 3.63) is 108 Å². The Kier molecular flexibility index (Phi) is 6.79. The minimum Gasteiger partial charge on any atom is -0.275 e. The van der Waals surface area contributed by atoms with E-state index in [1.807, 2.05) is 11.8 Å². The molecule has 3 aromatic carbocycles. The van der Waals surface area contributed by atoms with E-state index in [0.717, 1.165) is 19.3 Å². The standard InChI is InChI=1S/C27H29NO2S/c1-28(30-2)26(29)21-18-19-25(20-21)31-27(22-12-6-3-7-13-22,23-14-8-4-9-15-23)24-16-10-5-11-17-24/h3-17,21,25H,18-20H2,1-2H3/t21-,25+/m1/s1. The average molecular weight is 432 g/mol. The van der Waals surface area contributed by atoms with Crippen LogP contribution in [0.4, 0.5) is 0 Å². The topological polar surface area (TPSA) is 29.5 Å². The summed E-state index contributed by atoms with van der Waals surface area (Å²) >= 11 is 1.99. The maximum atomic E-state index is 12.7. The van der Waals surface area contributed by atoms with Crippen molar-refractivity contribution in [2.75, 3.05) is 14.2 Å². The van der Waals surface area contributed by atoms with Crippen LogP contribution in [-0.4, -0.2) is 30.4 Å². The number of carbonyl (C=O) groups is 1. The molecule has 3 aromatic rings. The van der Waals surface area contributed by atoms with E-state index in [-0.39, 0.29) is 16.6 Å². The number of thioether (sulfide) groups is 1. The van der Waals surface area contributed by atoms with Crippen LogP contribution in [-0.2, 0) is 14.4 Å². The van der Waals surface area contributed by atoms with Gasteiger partial charge in [-0.25, -0.2) is 5.06 Å². The van der Waals surface area contributed by atoms with E-state index in [2.05, 4.69) is 91.0 Å². The molecule has 2 atom stereocenters. The second-order valence-corrected chi connectivity index (χ2v) is 9.56. The predicted octanol–water partition coefficient (Wildman–Crippen LogP) is 5.90. The van der Waals surface area contributed by atoms with Crippen LogP contribution < -0.4 is 0 Å². The van der Waals surface area contributed by atoms with Gasteiger partial charge in [0, 0.05) is 18.2 Å². The maximum Gasteiger partial charge on any atom is 0.248 e. The van der Waals surface area contributed by atoms with Gasteiger partial charge in [-0.3, -0.25) is 9.63 Å². The van der Waals surface area contributed by atoms with Crippen LogP contribution in [0.5, 0.6) is 0 Å². The average Bonchev–Trinajstić information content (AvgIpc) is 3.31. The number of amides is 1. The smallest absolute Gasteiger partial charge is 0.248 e. The number of hydroxylamine groups is 2. The number of hydrogen-bond donors (Lipinski definition) is 0. The minimum atomic E-state index is -0.334. The van der Waals surface area contributed by atoms with Crippen molar-refractivity contribution < 1.29 is 9.63 Å². The predicted molar refractivity (Wildman–Crippen MR) is 128 cm³/mol. The number of hydrogen-bond acceptors (Lipinski definition) is 3. The van der Waals surface area contributed by atoms with Gasteiger partial charge in [0.1, 0.15) is 0 Å². The molecule has 1 aliphatic carbocycles. The Labute approximate surface area is 189 Å². The highest BCUT2D eigenvalue weighted by molar-refractivity contribution is 8.01. The molecule has 0 radical (unpaired) electrons. The van der Waals surface area contributed by atoms with Crippen molar-refractivity contribution in [3.8, 4) is 0 Å². The molecule has 0 unspecified atom stereocenters. The van der Waals surface area contributed by atoms with E-state index >= 15 is 0 Å². The first-order valence-corrected chi connectivity index (χ1v) is 11.7. The Balaban J connectivity index is 1.76. The van der Waals surface area contributed by atoms with Crippen molar-refractivity contribution in [3.63, 3.8) is 0 Å². The summed E-state index contributed by atoms with van der Waals surface area (Å²) < 4.78 is -0.334. The van der Waals surface area contributed by atoms with Gasteiger partial charge >= 0.3 is 0 Å². The number of benzene rings is 3. The highest BCUT2D eigenvalue weighted by atomic mass is 32.2. The maximum absolute atomic E-state index is 12.7. The Morgan fingerprint density at radius 3 is 1.71 bits per heavy atom. The van der Waals surface area contributed by atoms with Crippen LogP contribution in [0.25, 0.3) is 0 Å². The zero-order chi connectivity index (χ0) is 21.7. The molecule has 0 saturated heterocycles. The molecule has 1 amide bonds. The summed E-state index contributed by atoms with van der Waals surface area (Å²) in [5.41, 5.74) is 3.79. The quantitative estimate of drug-likeness (QED) is 0.344. The van der Waals surface area contributed by atoms with Crippen molar-refractivity contribution in [1.82, 2.24) is 5.06 Å². The van der Waals surface area contributed by atoms with E-state index in [4.69, 9.17) is 4.84 Å². The summed E-state index contributed by atoms with van der Waals surface area (Å²) in [4.78, 5) is 17.8. The number of carbonyl (C=O) groups excluding carboxylic acids is 1. The summed E-state index contributed by atoms with van der Waals surface area (Å²) in [7, 11) is 3.25. The molecule has 1 aliphatic rings. The highest BCUT2D eigenvalue weighted by Gasteiger charge is 2.42. The van der Waals surface area contributed by atoms with Gasteiger partial charge in [0.15, 0.2) is 0 Å². The van der Waals surface area contributed by atoms with E-state index in [9.17, 15) is 4.79 Å². The summed E-state index contributed by atoms with van der Waals surface area (Å²) in [6.07, 6.45) is 2.79. The van der Waals surface area contributed by atoms with Crippen LogP contribution in [0.15, 0.2) is 91.0 Å². The molecular weight excluding hydrogens is 402 g/mol. The highest BCUT2D eigenvalue weighted by Crippen LogP contribution is 2.53. The summed E-state index contributed by atoms with van der Waals surface area (Å²) in [5.74, 6) is 0.0952. The molecule has 1 saturated carbocycles. The second kappa shape index (κ2) is 9.71. The van der Waals surface area contributed by atoms with Crippen molar-refractivity contribution in [1.29, 1.82) is 0 Å². The van der Waals surface area contributed by atoms with Crippen molar-refractivity contribution in [2.24, 2.45) is 5.92 Å². The molecule has 0 aromatic heterocycles. The van der Waals surface area contributed by atoms with Gasteiger partial charge < -0.3 is 0 Å². The summed E-state index contributed by atoms with van der Waals surface area (Å²) in [6.45, 7) is 0. The molecule has 4 heteroatoms. The molecule has 1 fully saturated rings. The van der Waals surface area contributed by atoms with Gasteiger partial charge in [0.05, 0.1) is 11.9 Å². The zero-order valence-corrected chi connectivity index (χ0v) is 18.9. The van der Waals surface area contributed by atoms with E-state index in [0.29, 0.717) is 5.25 Å². The first-order chi connectivity index (χ1) is 15.1. The van der Waals surface area contributed by atoms with Crippen LogP contribution in [0.3, 0.4) is 0 Å². The monoisotopic (exact) mass is 431 g/mol. The van der Waals surface area contributed by atoms with Gasteiger partial charge in [-0.1, -0.05) is 91.0 Å². The molecule has 0 N–H and O–H groups in total. The third kappa shape index (κ3) is 4.41. The zero-order valence-electron chi connectivity index (χ0n) is 18.1. The molecular formula is C27H29NO2S. The van der Waals surface area contributed by atoms with Gasteiger partial charge in [0.2, 0.25) is 5.91 Å². The minimum absolute atomic E-state index is 0.0162. The molecule has 0 aliphatic heterocycles. The molecule has 0 spiro atoms. The molecule has 160 valence electrons. The lowest BCUT2D eigenvalue weighted by Gasteiger charge is -2.37. The van der Waals surface area contributed by atoms with Crippen LogP contribution >= 0.6 is 11.8 Å². The molecule has 0 heterocycles. The van der Waals surface area contributed by atoms with Gasteiger partial charge in [-0.05, 0) is 36.0 Å². The fourth-order valence-electron chi connectivity index (χ4n) is 4.59. The van der Waals surface area contributed by atoms with E-state index in [1.165, 1.54) is 21.8 Å². The Morgan fingerprint density at radius 2 is 1.29 bits per heavy atom.